The van der Waals surface area contributed by atoms with Crippen molar-refractivity contribution in [2.75, 3.05) is 13.2 Å². The number of fused-ring (bicyclic) bond motifs is 1. The van der Waals surface area contributed by atoms with E-state index < -0.39 is 29.9 Å². The summed E-state index contributed by atoms with van der Waals surface area (Å²) < 4.78 is 47.5. The number of carbonyl (C=O) groups excluding carboxylic acids is 2. The van der Waals surface area contributed by atoms with E-state index in [4.69, 9.17) is 9.84 Å². The molecule has 3 aliphatic rings. The molecule has 12 heteroatoms. The molecule has 0 aliphatic heterocycles. The second kappa shape index (κ2) is 11.0. The van der Waals surface area contributed by atoms with E-state index in [1.807, 2.05) is 6.92 Å². The van der Waals surface area contributed by atoms with Gasteiger partial charge < -0.3 is 25.5 Å². The fraction of sp³-hybridized carbons (Fsp3) is 0.571. The van der Waals surface area contributed by atoms with Crippen LogP contribution in [0.2, 0.25) is 0 Å². The maximum absolute atomic E-state index is 13.8. The van der Waals surface area contributed by atoms with Gasteiger partial charge in [0.05, 0.1) is 23.3 Å². The number of aliphatic hydroxyl groups is 1. The summed E-state index contributed by atoms with van der Waals surface area (Å²) in [5.74, 6) is -0.366. The Bertz CT molecular complexity index is 1350. The molecule has 40 heavy (non-hydrogen) atoms. The standard InChI is InChI=1S/C28H34F3N5O4/c1-15-10-19(7-8-20(15)36-21(38)12-37)35-26(39)22-16(2)34-24-23(22)32-14-33-25(24)27(40-13-17-5-6-17)9-3-4-18(11-27)28(29,30)31/h3-4,11,14-15,17,19-20,34,37H,5-10,12-13H2,1-2H3,(H,35,39)(H,36,38). The van der Waals surface area contributed by atoms with E-state index in [0.717, 1.165) is 25.0 Å². The molecule has 2 heterocycles. The van der Waals surface area contributed by atoms with Crippen LogP contribution < -0.4 is 10.6 Å². The molecule has 5 rings (SSSR count). The Kier molecular flexibility index (Phi) is 7.75. The fourth-order valence-electron chi connectivity index (χ4n) is 5.75. The number of nitrogens with one attached hydrogen (secondary N) is 3. The summed E-state index contributed by atoms with van der Waals surface area (Å²) in [6, 6.07) is -0.214. The Morgan fingerprint density at radius 2 is 1.98 bits per heavy atom. The largest absolute Gasteiger partial charge is 0.416 e. The molecule has 2 fully saturated rings. The van der Waals surface area contributed by atoms with Gasteiger partial charge in [0.1, 0.15) is 29.7 Å². The maximum atomic E-state index is 13.8. The zero-order valence-electron chi connectivity index (χ0n) is 22.5. The Balaban J connectivity index is 1.43. The Morgan fingerprint density at radius 1 is 1.20 bits per heavy atom. The van der Waals surface area contributed by atoms with E-state index in [1.54, 1.807) is 6.92 Å². The molecule has 4 N–H and O–H groups in total. The number of carbonyl (C=O) groups is 2. The first-order chi connectivity index (χ1) is 19.0. The van der Waals surface area contributed by atoms with Crippen LogP contribution in [0.1, 0.15) is 67.2 Å². The number of aromatic amines is 1. The van der Waals surface area contributed by atoms with E-state index in [9.17, 15) is 22.8 Å². The molecule has 2 amide bonds. The van der Waals surface area contributed by atoms with Crippen LogP contribution in [0.25, 0.3) is 11.0 Å². The first-order valence-corrected chi connectivity index (χ1v) is 13.7. The maximum Gasteiger partial charge on any atom is 0.416 e. The van der Waals surface area contributed by atoms with Crippen molar-refractivity contribution in [3.05, 3.63) is 47.1 Å². The van der Waals surface area contributed by atoms with Crippen LogP contribution in [0.5, 0.6) is 0 Å². The van der Waals surface area contributed by atoms with Crippen molar-refractivity contribution < 1.29 is 32.6 Å². The molecule has 0 radical (unpaired) electrons. The second-order valence-electron chi connectivity index (χ2n) is 11.2. The SMILES string of the molecule is Cc1[nH]c2c(C3(OCC4CC4)C=C(C(F)(F)F)C=CC3)ncnc2c1C(=O)NC1CCC(NC(=O)CO)C(C)C1. The van der Waals surface area contributed by atoms with E-state index >= 15 is 0 Å². The van der Waals surface area contributed by atoms with E-state index in [-0.39, 0.29) is 36.0 Å². The second-order valence-corrected chi connectivity index (χ2v) is 11.2. The molecule has 2 aromatic heterocycles. The summed E-state index contributed by atoms with van der Waals surface area (Å²) in [4.78, 5) is 37.0. The van der Waals surface area contributed by atoms with Crippen molar-refractivity contribution in [2.45, 2.75) is 76.2 Å². The molecule has 0 saturated heterocycles. The van der Waals surface area contributed by atoms with Gasteiger partial charge in [0.25, 0.3) is 5.91 Å². The lowest BCUT2D eigenvalue weighted by Gasteiger charge is -2.35. The number of halogens is 3. The lowest BCUT2D eigenvalue weighted by Crippen LogP contribution is -2.48. The van der Waals surface area contributed by atoms with Crippen molar-refractivity contribution in [1.82, 2.24) is 25.6 Å². The van der Waals surface area contributed by atoms with Gasteiger partial charge >= 0.3 is 6.18 Å². The molecule has 0 bridgehead atoms. The minimum atomic E-state index is -4.55. The van der Waals surface area contributed by atoms with Gasteiger partial charge in [0.2, 0.25) is 5.91 Å². The molecule has 4 atom stereocenters. The van der Waals surface area contributed by atoms with Gasteiger partial charge in [-0.1, -0.05) is 19.1 Å². The van der Waals surface area contributed by atoms with Gasteiger partial charge in [-0.25, -0.2) is 9.97 Å². The molecule has 9 nitrogen and oxygen atoms in total. The number of alkyl halides is 3. The number of amides is 2. The molecule has 216 valence electrons. The predicted molar refractivity (Wildman–Crippen MR) is 140 cm³/mol. The number of hydrogen-bond donors (Lipinski definition) is 4. The average molecular weight is 562 g/mol. The van der Waals surface area contributed by atoms with E-state index in [1.165, 1.54) is 12.4 Å². The summed E-state index contributed by atoms with van der Waals surface area (Å²) in [5.41, 5.74) is -0.467. The zero-order valence-corrected chi connectivity index (χ0v) is 22.5. The zero-order chi connectivity index (χ0) is 28.7. The van der Waals surface area contributed by atoms with Crippen molar-refractivity contribution in [1.29, 1.82) is 0 Å². The number of hydrogen-bond acceptors (Lipinski definition) is 6. The first kappa shape index (κ1) is 28.3. The molecule has 0 aromatic carbocycles. The fourth-order valence-corrected chi connectivity index (χ4v) is 5.75. The smallest absolute Gasteiger partial charge is 0.387 e. The summed E-state index contributed by atoms with van der Waals surface area (Å²) in [5, 5.41) is 14.9. The number of ether oxygens (including phenoxy) is 1. The molecule has 3 aliphatic carbocycles. The lowest BCUT2D eigenvalue weighted by atomic mass is 9.82. The number of aryl methyl sites for hydroxylation is 1. The van der Waals surface area contributed by atoms with Gasteiger partial charge in [0, 0.05) is 24.2 Å². The minimum Gasteiger partial charge on any atom is -0.387 e. The lowest BCUT2D eigenvalue weighted by molar-refractivity contribution is -0.125. The van der Waals surface area contributed by atoms with Crippen LogP contribution in [0.15, 0.2) is 30.1 Å². The molecule has 2 saturated carbocycles. The Hall–Kier alpha value is -3.25. The third kappa shape index (κ3) is 5.78. The molecular formula is C28H34F3N5O4. The number of H-pyrrole nitrogens is 1. The van der Waals surface area contributed by atoms with Crippen LogP contribution in [0.4, 0.5) is 13.2 Å². The van der Waals surface area contributed by atoms with Crippen LogP contribution in [0.3, 0.4) is 0 Å². The average Bonchev–Trinajstić information content (AvgIpc) is 3.68. The predicted octanol–water partition coefficient (Wildman–Crippen LogP) is 3.73. The van der Waals surface area contributed by atoms with Crippen molar-refractivity contribution >= 4 is 22.8 Å². The summed E-state index contributed by atoms with van der Waals surface area (Å²) in [6.45, 7) is 3.45. The van der Waals surface area contributed by atoms with E-state index in [0.29, 0.717) is 54.1 Å². The van der Waals surface area contributed by atoms with Crippen LogP contribution in [0, 0.1) is 18.8 Å². The number of nitrogens with zero attached hydrogens (tertiary/aromatic N) is 2. The van der Waals surface area contributed by atoms with Crippen molar-refractivity contribution in [3.8, 4) is 0 Å². The Morgan fingerprint density at radius 3 is 2.65 bits per heavy atom. The van der Waals surface area contributed by atoms with Crippen LogP contribution >= 0.6 is 0 Å². The van der Waals surface area contributed by atoms with E-state index in [2.05, 4.69) is 25.6 Å². The topological polar surface area (TPSA) is 129 Å². The normalized spacial score (nSPS) is 26.9. The van der Waals surface area contributed by atoms with Crippen molar-refractivity contribution in [3.63, 3.8) is 0 Å². The van der Waals surface area contributed by atoms with Gasteiger partial charge in [-0.05, 0) is 56.9 Å². The highest BCUT2D eigenvalue weighted by Gasteiger charge is 2.43. The molecule has 4 unspecified atom stereocenters. The highest BCUT2D eigenvalue weighted by Crippen LogP contribution is 2.43. The van der Waals surface area contributed by atoms with Gasteiger partial charge in [0.15, 0.2) is 0 Å². The van der Waals surface area contributed by atoms with Crippen LogP contribution in [-0.2, 0) is 15.1 Å². The number of allylic oxidation sites excluding steroid dienone is 2. The summed E-state index contributed by atoms with van der Waals surface area (Å²) >= 11 is 0. The highest BCUT2D eigenvalue weighted by atomic mass is 19.4. The molecule has 2 aromatic rings. The summed E-state index contributed by atoms with van der Waals surface area (Å²) in [7, 11) is 0. The number of aliphatic hydroxyl groups excluding tert-OH is 1. The van der Waals surface area contributed by atoms with Gasteiger partial charge in [-0.15, -0.1) is 0 Å². The third-order valence-corrected chi connectivity index (χ3v) is 8.10. The molecular weight excluding hydrogens is 527 g/mol. The van der Waals surface area contributed by atoms with Crippen molar-refractivity contribution in [2.24, 2.45) is 11.8 Å². The monoisotopic (exact) mass is 561 g/mol. The quantitative estimate of drug-likeness (QED) is 0.389. The summed E-state index contributed by atoms with van der Waals surface area (Å²) in [6.07, 6.45) is 4.37. The minimum absolute atomic E-state index is 0.0797. The molecule has 0 spiro atoms. The van der Waals surface area contributed by atoms with Gasteiger partial charge in [-0.3, -0.25) is 9.59 Å². The highest BCUT2D eigenvalue weighted by molar-refractivity contribution is 6.07. The third-order valence-electron chi connectivity index (χ3n) is 8.10. The number of aromatic nitrogens is 3. The van der Waals surface area contributed by atoms with Gasteiger partial charge in [-0.2, -0.15) is 13.2 Å². The first-order valence-electron chi connectivity index (χ1n) is 13.7. The van der Waals surface area contributed by atoms with Crippen LogP contribution in [-0.4, -0.2) is 63.3 Å². The number of rotatable bonds is 8. The Labute approximate surface area is 229 Å².